The number of esters is 1. The Labute approximate surface area is 210 Å². The van der Waals surface area contributed by atoms with Crippen molar-refractivity contribution in [2.45, 2.75) is 26.3 Å². The largest absolute Gasteiger partial charge is 0.507 e. The van der Waals surface area contributed by atoms with Gasteiger partial charge >= 0.3 is 5.97 Å². The van der Waals surface area contributed by atoms with Crippen LogP contribution in [0.1, 0.15) is 41.3 Å². The van der Waals surface area contributed by atoms with E-state index in [1.807, 2.05) is 0 Å². The number of hydrogen-bond donors (Lipinski definition) is 1. The summed E-state index contributed by atoms with van der Waals surface area (Å²) >= 11 is 0. The number of hydrogen-bond acceptors (Lipinski definition) is 9. The molecule has 1 fully saturated rings. The minimum absolute atomic E-state index is 0.0322. The van der Waals surface area contributed by atoms with Crippen LogP contribution in [-0.4, -0.2) is 62.8 Å². The third-order valence-corrected chi connectivity index (χ3v) is 6.45. The predicted octanol–water partition coefficient (Wildman–Crippen LogP) is 3.81. The average molecular weight is 498 g/mol. The van der Waals surface area contributed by atoms with Crippen LogP contribution in [0.15, 0.2) is 30.0 Å². The third-order valence-electron chi connectivity index (χ3n) is 6.45. The van der Waals surface area contributed by atoms with Gasteiger partial charge in [-0.3, -0.25) is 14.5 Å². The molecule has 0 aromatic heterocycles. The predicted molar refractivity (Wildman–Crippen MR) is 132 cm³/mol. The summed E-state index contributed by atoms with van der Waals surface area (Å²) in [7, 11) is 4.57. The Kier molecular flexibility index (Phi) is 7.69. The number of nitrogens with zero attached hydrogens (tertiary/aromatic N) is 1. The first-order chi connectivity index (χ1) is 17.4. The molecule has 2 aliphatic rings. The highest BCUT2D eigenvalue weighted by atomic mass is 16.5. The Hall–Kier alpha value is -3.72. The lowest BCUT2D eigenvalue weighted by molar-refractivity contribution is -0.150. The van der Waals surface area contributed by atoms with E-state index < -0.39 is 0 Å². The van der Waals surface area contributed by atoms with E-state index in [9.17, 15) is 14.7 Å². The third kappa shape index (κ3) is 4.97. The van der Waals surface area contributed by atoms with Gasteiger partial charge in [-0.1, -0.05) is 0 Å². The van der Waals surface area contributed by atoms with Crippen molar-refractivity contribution in [2.24, 2.45) is 5.92 Å². The van der Waals surface area contributed by atoms with Crippen LogP contribution in [0.5, 0.6) is 28.7 Å². The molecule has 4 rings (SSSR count). The number of benzene rings is 2. The topological polar surface area (TPSA) is 104 Å². The molecule has 2 aromatic rings. The molecule has 2 aromatic carbocycles. The molecule has 2 aliphatic heterocycles. The number of piperidine rings is 1. The normalized spacial score (nSPS) is 18.5. The molecular weight excluding hydrogens is 466 g/mol. The number of phenolic OH excluding ortho intramolecular Hbond substituents is 1. The van der Waals surface area contributed by atoms with Crippen LogP contribution in [0.3, 0.4) is 0 Å². The highest BCUT2D eigenvalue weighted by Crippen LogP contribution is 2.42. The van der Waals surface area contributed by atoms with Gasteiger partial charge in [-0.05, 0) is 50.6 Å². The number of rotatable bonds is 8. The molecule has 36 heavy (non-hydrogen) atoms. The van der Waals surface area contributed by atoms with Gasteiger partial charge in [0.1, 0.15) is 17.2 Å². The summed E-state index contributed by atoms with van der Waals surface area (Å²) in [4.78, 5) is 27.5. The average Bonchev–Trinajstić information content (AvgIpc) is 3.20. The highest BCUT2D eigenvalue weighted by Gasteiger charge is 2.33. The van der Waals surface area contributed by atoms with Gasteiger partial charge in [0.25, 0.3) is 0 Å². The Bertz CT molecular complexity index is 1190. The number of fused-ring (bicyclic) bond motifs is 1. The van der Waals surface area contributed by atoms with Gasteiger partial charge < -0.3 is 28.8 Å². The minimum Gasteiger partial charge on any atom is -0.507 e. The van der Waals surface area contributed by atoms with E-state index >= 15 is 0 Å². The molecule has 0 spiro atoms. The maximum atomic E-state index is 13.2. The van der Waals surface area contributed by atoms with Crippen LogP contribution in [-0.2, 0) is 16.1 Å². The smallest absolute Gasteiger partial charge is 0.310 e. The fourth-order valence-electron chi connectivity index (χ4n) is 4.63. The summed E-state index contributed by atoms with van der Waals surface area (Å²) in [5.74, 6) is 1.19. The van der Waals surface area contributed by atoms with Crippen molar-refractivity contribution in [1.29, 1.82) is 0 Å². The zero-order valence-corrected chi connectivity index (χ0v) is 21.0. The van der Waals surface area contributed by atoms with E-state index in [-0.39, 0.29) is 29.2 Å². The molecule has 9 heteroatoms. The van der Waals surface area contributed by atoms with E-state index in [0.29, 0.717) is 59.4 Å². The van der Waals surface area contributed by atoms with Gasteiger partial charge in [0.2, 0.25) is 5.78 Å². The van der Waals surface area contributed by atoms with E-state index in [0.717, 1.165) is 19.4 Å². The molecule has 1 atom stereocenters. The van der Waals surface area contributed by atoms with Crippen molar-refractivity contribution in [1.82, 2.24) is 4.90 Å². The zero-order chi connectivity index (χ0) is 25.8. The van der Waals surface area contributed by atoms with Crippen LogP contribution in [0.25, 0.3) is 6.08 Å². The van der Waals surface area contributed by atoms with Gasteiger partial charge in [-0.25, -0.2) is 0 Å². The first-order valence-corrected chi connectivity index (χ1v) is 11.9. The first kappa shape index (κ1) is 25.4. The van der Waals surface area contributed by atoms with Crippen molar-refractivity contribution in [3.05, 3.63) is 46.7 Å². The molecule has 0 bridgehead atoms. The van der Waals surface area contributed by atoms with Crippen LogP contribution in [0.2, 0.25) is 0 Å². The number of carbonyl (C=O) groups excluding carboxylic acids is 2. The second kappa shape index (κ2) is 10.9. The van der Waals surface area contributed by atoms with Gasteiger partial charge in [0, 0.05) is 24.7 Å². The molecule has 0 saturated carbocycles. The second-order valence-electron chi connectivity index (χ2n) is 8.66. The van der Waals surface area contributed by atoms with Gasteiger partial charge in [-0.2, -0.15) is 0 Å². The molecule has 192 valence electrons. The number of ether oxygens (including phenoxy) is 5. The van der Waals surface area contributed by atoms with Gasteiger partial charge in [0.05, 0.1) is 45.0 Å². The first-order valence-electron chi connectivity index (χ1n) is 11.9. The molecule has 1 unspecified atom stereocenters. The van der Waals surface area contributed by atoms with Crippen molar-refractivity contribution >= 4 is 17.8 Å². The molecule has 1 saturated heterocycles. The number of phenols is 1. The molecular formula is C27H31NO8. The highest BCUT2D eigenvalue weighted by molar-refractivity contribution is 6.15. The number of carbonyl (C=O) groups is 2. The molecule has 0 radical (unpaired) electrons. The zero-order valence-electron chi connectivity index (χ0n) is 21.0. The van der Waals surface area contributed by atoms with E-state index in [1.165, 1.54) is 27.4 Å². The lowest BCUT2D eigenvalue weighted by Gasteiger charge is -2.31. The standard InChI is InChI=1S/C27H31NO8/c1-5-35-27(31)16-7-6-10-28(14-16)15-19-20(29)9-8-18-25(30)24(36-26(18)19)12-17-11-22(33-3)23(34-4)13-21(17)32-2/h8-9,11-13,16,29H,5-7,10,14-15H2,1-4H3/b24-12-. The quantitative estimate of drug-likeness (QED) is 0.431. The van der Waals surface area contributed by atoms with Crippen LogP contribution in [0, 0.1) is 5.92 Å². The number of Topliss-reactive ketones (excluding diaryl/α,β-unsaturated/α-hetero) is 1. The SMILES string of the molecule is CCOC(=O)C1CCCN(Cc2c(O)ccc3c2O/C(=C\c2cc(OC)c(OC)cc2OC)C3=O)C1. The number of ketones is 1. The Morgan fingerprint density at radius 1 is 1.14 bits per heavy atom. The summed E-state index contributed by atoms with van der Waals surface area (Å²) in [6, 6.07) is 6.43. The van der Waals surface area contributed by atoms with Gasteiger partial charge in [0.15, 0.2) is 17.3 Å². The minimum atomic E-state index is -0.300. The molecule has 0 aliphatic carbocycles. The molecule has 0 amide bonds. The van der Waals surface area contributed by atoms with Crippen molar-refractivity contribution < 1.29 is 38.4 Å². The summed E-state index contributed by atoms with van der Waals surface area (Å²) in [6.07, 6.45) is 3.19. The van der Waals surface area contributed by atoms with E-state index in [1.54, 1.807) is 31.2 Å². The van der Waals surface area contributed by atoms with Gasteiger partial charge in [-0.15, -0.1) is 0 Å². The summed E-state index contributed by atoms with van der Waals surface area (Å²) < 4.78 is 27.4. The number of aromatic hydroxyl groups is 1. The number of allylic oxidation sites excluding steroid dienone is 1. The Balaban J connectivity index is 1.62. The van der Waals surface area contributed by atoms with Crippen molar-refractivity contribution in [3.8, 4) is 28.7 Å². The molecule has 2 heterocycles. The monoisotopic (exact) mass is 497 g/mol. The fourth-order valence-corrected chi connectivity index (χ4v) is 4.63. The summed E-state index contributed by atoms with van der Waals surface area (Å²) in [5, 5.41) is 10.7. The van der Waals surface area contributed by atoms with Crippen molar-refractivity contribution in [2.75, 3.05) is 41.0 Å². The van der Waals surface area contributed by atoms with Crippen molar-refractivity contribution in [3.63, 3.8) is 0 Å². The second-order valence-corrected chi connectivity index (χ2v) is 8.66. The fraction of sp³-hybridized carbons (Fsp3) is 0.407. The van der Waals surface area contributed by atoms with Crippen LogP contribution in [0.4, 0.5) is 0 Å². The van der Waals surface area contributed by atoms with Crippen LogP contribution >= 0.6 is 0 Å². The van der Waals surface area contributed by atoms with E-state index in [4.69, 9.17) is 23.7 Å². The molecule has 1 N–H and O–H groups in total. The summed E-state index contributed by atoms with van der Waals surface area (Å²) in [6.45, 7) is 3.75. The molecule has 9 nitrogen and oxygen atoms in total. The van der Waals surface area contributed by atoms with E-state index in [2.05, 4.69) is 4.90 Å². The Morgan fingerprint density at radius 3 is 2.56 bits per heavy atom. The lowest BCUT2D eigenvalue weighted by atomic mass is 9.97. The number of methoxy groups -OCH3 is 3. The number of likely N-dealkylation sites (tertiary alicyclic amines) is 1. The maximum absolute atomic E-state index is 13.2. The summed E-state index contributed by atoms with van der Waals surface area (Å²) in [5.41, 5.74) is 1.45. The van der Waals surface area contributed by atoms with Crippen LogP contribution < -0.4 is 18.9 Å². The lowest BCUT2D eigenvalue weighted by Crippen LogP contribution is -2.39. The maximum Gasteiger partial charge on any atom is 0.310 e. The Morgan fingerprint density at radius 2 is 1.86 bits per heavy atom.